The molecule has 0 unspecified atom stereocenters. The molecule has 318 valence electrons. The Hall–Kier alpha value is -6.55. The SMILES string of the molecule is CC(C)(C)c1cc(-c2ccccc2)c(-n2[c](=[Pt])n(-c3[c-]c(Oc4[c-]c5c(cc4)c4cc6c(cc4n5-c4ccccn4)C(C)(C)CCC6)ccc3)c3ccccc32)c(-c2ccccc2)c1. The van der Waals surface area contributed by atoms with Gasteiger partial charge in [-0.25, -0.2) is 0 Å². The van der Waals surface area contributed by atoms with Crippen molar-refractivity contribution in [2.45, 2.75) is 64.7 Å². The van der Waals surface area contributed by atoms with Crippen LogP contribution in [0.15, 0.2) is 164 Å². The molecule has 3 heterocycles. The maximum atomic E-state index is 6.74. The van der Waals surface area contributed by atoms with Gasteiger partial charge in [-0.1, -0.05) is 19.9 Å². The third-order valence-electron chi connectivity index (χ3n) is 13.0. The number of para-hydroxylation sites is 2. The maximum absolute atomic E-state index is 6.74. The molecular formula is C58H48N4OPt-2. The van der Waals surface area contributed by atoms with Crippen LogP contribution in [0.2, 0.25) is 0 Å². The Morgan fingerprint density at radius 1 is 0.625 bits per heavy atom. The van der Waals surface area contributed by atoms with Gasteiger partial charge in [-0.15, -0.1) is 0 Å². The third kappa shape index (κ3) is 6.89. The van der Waals surface area contributed by atoms with E-state index in [4.69, 9.17) is 9.72 Å². The average Bonchev–Trinajstić information content (AvgIpc) is 3.78. The van der Waals surface area contributed by atoms with E-state index in [0.717, 1.165) is 54.9 Å². The second kappa shape index (κ2) is 15.6. The second-order valence-corrected chi connectivity index (χ2v) is 19.7. The zero-order chi connectivity index (χ0) is 43.7. The molecule has 0 spiro atoms. The van der Waals surface area contributed by atoms with Crippen LogP contribution in [0.3, 0.4) is 0 Å². The van der Waals surface area contributed by atoms with E-state index in [-0.39, 0.29) is 10.8 Å². The van der Waals surface area contributed by atoms with Gasteiger partial charge in [0, 0.05) is 6.20 Å². The van der Waals surface area contributed by atoms with Crippen LogP contribution in [0.5, 0.6) is 11.5 Å². The Morgan fingerprint density at radius 2 is 1.28 bits per heavy atom. The van der Waals surface area contributed by atoms with Gasteiger partial charge in [0.15, 0.2) is 0 Å². The summed E-state index contributed by atoms with van der Waals surface area (Å²) in [6.45, 7) is 11.6. The average molecular weight is 1010 g/mol. The number of benzene rings is 7. The first-order valence-corrected chi connectivity index (χ1v) is 23.3. The molecule has 0 N–H and O–H groups in total. The van der Waals surface area contributed by atoms with Crippen molar-refractivity contribution >= 4 is 32.8 Å². The number of rotatable bonds is 7. The molecule has 1 aliphatic carbocycles. The molecule has 0 amide bonds. The zero-order valence-corrected chi connectivity index (χ0v) is 39.0. The number of aryl methyl sites for hydroxylation is 1. The normalized spacial score (nSPS) is 13.7. The van der Waals surface area contributed by atoms with Gasteiger partial charge in [-0.2, -0.15) is 0 Å². The van der Waals surface area contributed by atoms with Gasteiger partial charge in [0.25, 0.3) is 0 Å². The quantitative estimate of drug-likeness (QED) is 0.149. The number of hydrogen-bond donors (Lipinski definition) is 0. The van der Waals surface area contributed by atoms with Gasteiger partial charge in [0.1, 0.15) is 0 Å². The number of imidazole rings is 1. The first-order valence-electron chi connectivity index (χ1n) is 22.2. The molecule has 64 heavy (non-hydrogen) atoms. The first kappa shape index (κ1) is 40.2. The molecular weight excluding hydrogens is 964 g/mol. The van der Waals surface area contributed by atoms with Gasteiger partial charge in [-0.3, -0.25) is 0 Å². The van der Waals surface area contributed by atoms with Crippen molar-refractivity contribution in [3.05, 3.63) is 197 Å². The molecule has 7 aromatic carbocycles. The van der Waals surface area contributed by atoms with Crippen molar-refractivity contribution in [1.82, 2.24) is 18.7 Å². The summed E-state index contributed by atoms with van der Waals surface area (Å²) in [5, 5.41) is 2.35. The minimum absolute atomic E-state index is 0.0689. The van der Waals surface area contributed by atoms with Crippen molar-refractivity contribution in [1.29, 1.82) is 0 Å². The topological polar surface area (TPSA) is 36.9 Å². The van der Waals surface area contributed by atoms with E-state index in [2.05, 4.69) is 213 Å². The van der Waals surface area contributed by atoms with Crippen LogP contribution in [0.1, 0.15) is 64.2 Å². The predicted molar refractivity (Wildman–Crippen MR) is 258 cm³/mol. The van der Waals surface area contributed by atoms with Gasteiger partial charge < -0.3 is 0 Å². The second-order valence-electron chi connectivity index (χ2n) is 18.7. The van der Waals surface area contributed by atoms with Crippen molar-refractivity contribution < 1.29 is 24.1 Å². The number of pyridine rings is 1. The van der Waals surface area contributed by atoms with Crippen molar-refractivity contribution in [3.8, 4) is 50.9 Å². The fourth-order valence-corrected chi connectivity index (χ4v) is 10.8. The summed E-state index contributed by atoms with van der Waals surface area (Å²) in [6, 6.07) is 63.7. The molecule has 0 fully saturated rings. The van der Waals surface area contributed by atoms with E-state index < -0.39 is 0 Å². The summed E-state index contributed by atoms with van der Waals surface area (Å²) >= 11 is 2.50. The number of nitrogens with zero attached hydrogens (tertiary/aromatic N) is 4. The Labute approximate surface area is 385 Å². The van der Waals surface area contributed by atoms with Crippen molar-refractivity contribution in [2.24, 2.45) is 0 Å². The van der Waals surface area contributed by atoms with Gasteiger partial charge in [0.05, 0.1) is 0 Å². The monoisotopic (exact) mass is 1010 g/mol. The fourth-order valence-electron chi connectivity index (χ4n) is 9.77. The van der Waals surface area contributed by atoms with Crippen LogP contribution in [0, 0.1) is 15.9 Å². The van der Waals surface area contributed by atoms with Crippen LogP contribution < -0.4 is 4.74 Å². The van der Waals surface area contributed by atoms with E-state index in [0.29, 0.717) is 11.5 Å². The molecule has 0 aliphatic heterocycles. The number of ether oxygens (including phenoxy) is 1. The summed E-state index contributed by atoms with van der Waals surface area (Å²) in [7, 11) is 0. The molecule has 6 heteroatoms. The summed E-state index contributed by atoms with van der Waals surface area (Å²) in [6.07, 6.45) is 5.35. The van der Waals surface area contributed by atoms with Crippen molar-refractivity contribution in [3.63, 3.8) is 0 Å². The molecule has 0 saturated heterocycles. The number of fused-ring (bicyclic) bond motifs is 5. The van der Waals surface area contributed by atoms with E-state index >= 15 is 0 Å². The van der Waals surface area contributed by atoms with Gasteiger partial charge >= 0.3 is 320 Å². The molecule has 3 aromatic heterocycles. The molecule has 0 bridgehead atoms. The molecule has 0 radical (unpaired) electrons. The molecule has 10 aromatic rings. The van der Waals surface area contributed by atoms with Crippen LogP contribution >= 0.6 is 0 Å². The summed E-state index contributed by atoms with van der Waals surface area (Å²) < 4.78 is 14.7. The Kier molecular flexibility index (Phi) is 9.81. The third-order valence-corrected chi connectivity index (χ3v) is 14.0. The Balaban J connectivity index is 1.07. The minimum atomic E-state index is -0.0689. The Morgan fingerprint density at radius 3 is 1.95 bits per heavy atom. The van der Waals surface area contributed by atoms with Crippen LogP contribution in [-0.4, -0.2) is 18.7 Å². The van der Waals surface area contributed by atoms with Gasteiger partial charge in [-0.05, 0) is 41.9 Å². The molecule has 0 atom stereocenters. The standard InChI is InChI=1S/C58H48N4O.Pt/c1-57(2,3)42-33-47(39-18-8-6-9-19-39)56(48(34-42)40-20-10-7-11-21-40)61-38-60(51-25-12-13-26-52(51)61)43-23-16-24-44(35-43)63-45-28-29-46-49-32-41-22-17-30-58(4,5)50(41)37-54(49)62(53(46)36-45)55-27-14-15-31-59-55;/h6-16,18-21,23-29,31-34,37H,17,22,30H2,1-5H3;/q-2;. The fraction of sp³-hybridized carbons (Fsp3) is 0.172. The molecule has 11 rings (SSSR count). The van der Waals surface area contributed by atoms with Crippen LogP contribution in [0.4, 0.5) is 0 Å². The summed E-state index contributed by atoms with van der Waals surface area (Å²) in [5.74, 6) is 2.09. The molecule has 5 nitrogen and oxygen atoms in total. The number of aromatic nitrogens is 4. The van der Waals surface area contributed by atoms with Crippen molar-refractivity contribution in [2.75, 3.05) is 0 Å². The van der Waals surface area contributed by atoms with Crippen LogP contribution in [-0.2, 0) is 36.6 Å². The summed E-state index contributed by atoms with van der Waals surface area (Å²) in [5.41, 5.74) is 15.1. The van der Waals surface area contributed by atoms with E-state index in [1.807, 2.05) is 30.5 Å². The van der Waals surface area contributed by atoms with E-state index in [1.165, 1.54) is 57.2 Å². The van der Waals surface area contributed by atoms with E-state index in [9.17, 15) is 0 Å². The Bertz CT molecular complexity index is 3400. The number of hydrogen-bond acceptors (Lipinski definition) is 2. The van der Waals surface area contributed by atoms with Crippen LogP contribution in [0.25, 0.3) is 72.3 Å². The van der Waals surface area contributed by atoms with E-state index in [1.54, 1.807) is 0 Å². The summed E-state index contributed by atoms with van der Waals surface area (Å²) in [4.78, 5) is 4.84. The predicted octanol–water partition coefficient (Wildman–Crippen LogP) is 14.6. The zero-order valence-electron chi connectivity index (χ0n) is 36.7. The molecule has 1 aliphatic rings. The molecule has 0 saturated carbocycles. The van der Waals surface area contributed by atoms with Gasteiger partial charge in [0.2, 0.25) is 0 Å². The first-order chi connectivity index (χ1) is 31.0.